The van der Waals surface area contributed by atoms with E-state index in [0.717, 1.165) is 5.56 Å². The van der Waals surface area contributed by atoms with Crippen molar-refractivity contribution in [3.63, 3.8) is 0 Å². The molecular formula is C12H16N2O2. The molecule has 4 nitrogen and oxygen atoms in total. The van der Waals surface area contributed by atoms with Crippen molar-refractivity contribution in [2.75, 3.05) is 0 Å². The molecule has 86 valence electrons. The van der Waals surface area contributed by atoms with Crippen LogP contribution in [0.3, 0.4) is 0 Å². The first-order chi connectivity index (χ1) is 7.63. The Morgan fingerprint density at radius 2 is 1.94 bits per heavy atom. The molecule has 0 aliphatic carbocycles. The van der Waals surface area contributed by atoms with E-state index in [1.54, 1.807) is 6.92 Å². The van der Waals surface area contributed by atoms with Gasteiger partial charge in [-0.1, -0.05) is 37.3 Å². The number of rotatable bonds is 5. The summed E-state index contributed by atoms with van der Waals surface area (Å²) in [5.41, 5.74) is 6.21. The van der Waals surface area contributed by atoms with Crippen LogP contribution in [0.15, 0.2) is 30.3 Å². The number of amides is 2. The number of hydrogen-bond donors (Lipinski definition) is 2. The van der Waals surface area contributed by atoms with Crippen molar-refractivity contribution in [1.82, 2.24) is 5.32 Å². The highest BCUT2D eigenvalue weighted by Crippen LogP contribution is 2.03. The lowest BCUT2D eigenvalue weighted by atomic mass is 10.1. The second-order valence-electron chi connectivity index (χ2n) is 3.57. The van der Waals surface area contributed by atoms with E-state index < -0.39 is 11.9 Å². The van der Waals surface area contributed by atoms with E-state index in [1.165, 1.54) is 0 Å². The average Bonchev–Trinajstić information content (AvgIpc) is 2.29. The first-order valence-electron chi connectivity index (χ1n) is 5.26. The lowest BCUT2D eigenvalue weighted by Crippen LogP contribution is -2.45. The topological polar surface area (TPSA) is 72.2 Å². The molecule has 0 aliphatic rings. The predicted octanol–water partition coefficient (Wildman–Crippen LogP) is 0.609. The van der Waals surface area contributed by atoms with Gasteiger partial charge in [-0.25, -0.2) is 0 Å². The molecule has 1 aromatic rings. The van der Waals surface area contributed by atoms with Crippen molar-refractivity contribution in [3.05, 3.63) is 35.9 Å². The number of carbonyl (C=O) groups excluding carboxylic acids is 2. The smallest absolute Gasteiger partial charge is 0.240 e. The van der Waals surface area contributed by atoms with Gasteiger partial charge in [0.05, 0.1) is 0 Å². The SMILES string of the molecule is CCC(=O)N[C@@H](Cc1ccccc1)C(N)=O. The lowest BCUT2D eigenvalue weighted by molar-refractivity contribution is -0.127. The number of nitrogens with one attached hydrogen (secondary N) is 1. The monoisotopic (exact) mass is 220 g/mol. The van der Waals surface area contributed by atoms with Crippen LogP contribution in [0.4, 0.5) is 0 Å². The maximum atomic E-state index is 11.2. The zero-order chi connectivity index (χ0) is 12.0. The molecule has 0 heterocycles. The molecule has 0 aromatic heterocycles. The van der Waals surface area contributed by atoms with Gasteiger partial charge >= 0.3 is 0 Å². The van der Waals surface area contributed by atoms with Crippen molar-refractivity contribution >= 4 is 11.8 Å². The van der Waals surface area contributed by atoms with E-state index in [4.69, 9.17) is 5.73 Å². The number of carbonyl (C=O) groups is 2. The summed E-state index contributed by atoms with van der Waals surface area (Å²) in [4.78, 5) is 22.4. The normalized spacial score (nSPS) is 11.8. The lowest BCUT2D eigenvalue weighted by Gasteiger charge is -2.14. The zero-order valence-corrected chi connectivity index (χ0v) is 9.27. The summed E-state index contributed by atoms with van der Waals surface area (Å²) >= 11 is 0. The molecule has 0 fully saturated rings. The first kappa shape index (κ1) is 12.2. The predicted molar refractivity (Wildman–Crippen MR) is 61.6 cm³/mol. The minimum atomic E-state index is -0.630. The van der Waals surface area contributed by atoms with E-state index in [-0.39, 0.29) is 5.91 Å². The van der Waals surface area contributed by atoms with E-state index in [0.29, 0.717) is 12.8 Å². The first-order valence-corrected chi connectivity index (χ1v) is 5.26. The van der Waals surface area contributed by atoms with Crippen LogP contribution in [0.5, 0.6) is 0 Å². The second kappa shape index (κ2) is 5.90. The molecule has 0 unspecified atom stereocenters. The molecule has 16 heavy (non-hydrogen) atoms. The second-order valence-corrected chi connectivity index (χ2v) is 3.57. The van der Waals surface area contributed by atoms with Crippen LogP contribution in [0.25, 0.3) is 0 Å². The summed E-state index contributed by atoms with van der Waals surface area (Å²) in [6.45, 7) is 1.73. The van der Waals surface area contributed by atoms with E-state index in [9.17, 15) is 9.59 Å². The summed E-state index contributed by atoms with van der Waals surface area (Å²) in [6.07, 6.45) is 0.778. The van der Waals surface area contributed by atoms with Crippen LogP contribution in [-0.4, -0.2) is 17.9 Å². The molecule has 0 bridgehead atoms. The van der Waals surface area contributed by atoms with Crippen LogP contribution < -0.4 is 11.1 Å². The minimum Gasteiger partial charge on any atom is -0.368 e. The molecule has 0 radical (unpaired) electrons. The zero-order valence-electron chi connectivity index (χ0n) is 9.27. The third-order valence-electron chi connectivity index (χ3n) is 2.28. The van der Waals surface area contributed by atoms with Crippen molar-refractivity contribution in [3.8, 4) is 0 Å². The largest absolute Gasteiger partial charge is 0.368 e. The molecule has 2 amide bonds. The molecule has 0 spiro atoms. The van der Waals surface area contributed by atoms with Gasteiger partial charge in [0.25, 0.3) is 0 Å². The molecule has 4 heteroatoms. The standard InChI is InChI=1S/C12H16N2O2/c1-2-11(15)14-10(12(13)16)8-9-6-4-3-5-7-9/h3-7,10H,2,8H2,1H3,(H2,13,16)(H,14,15)/t10-/m0/s1. The number of hydrogen-bond acceptors (Lipinski definition) is 2. The summed E-state index contributed by atoms with van der Waals surface area (Å²) in [6, 6.07) is 8.83. The highest BCUT2D eigenvalue weighted by atomic mass is 16.2. The molecule has 0 saturated heterocycles. The Kier molecular flexibility index (Phi) is 4.51. The number of nitrogens with two attached hydrogens (primary N) is 1. The molecule has 3 N–H and O–H groups in total. The van der Waals surface area contributed by atoms with Gasteiger partial charge < -0.3 is 11.1 Å². The third-order valence-corrected chi connectivity index (χ3v) is 2.28. The maximum Gasteiger partial charge on any atom is 0.240 e. The van der Waals surface area contributed by atoms with Gasteiger partial charge in [0.2, 0.25) is 11.8 Å². The van der Waals surface area contributed by atoms with Gasteiger partial charge in [0, 0.05) is 12.8 Å². The number of primary amides is 1. The highest BCUT2D eigenvalue weighted by Gasteiger charge is 2.17. The van der Waals surface area contributed by atoms with E-state index in [2.05, 4.69) is 5.32 Å². The molecular weight excluding hydrogens is 204 g/mol. The van der Waals surface area contributed by atoms with Crippen LogP contribution >= 0.6 is 0 Å². The highest BCUT2D eigenvalue weighted by molar-refractivity contribution is 5.86. The summed E-state index contributed by atoms with van der Waals surface area (Å²) < 4.78 is 0. The molecule has 1 atom stereocenters. The number of benzene rings is 1. The maximum absolute atomic E-state index is 11.2. The Morgan fingerprint density at radius 1 is 1.31 bits per heavy atom. The third kappa shape index (κ3) is 3.73. The van der Waals surface area contributed by atoms with E-state index in [1.807, 2.05) is 30.3 Å². The Labute approximate surface area is 94.8 Å². The summed E-state index contributed by atoms with van der Waals surface area (Å²) in [5.74, 6) is -0.676. The van der Waals surface area contributed by atoms with Gasteiger partial charge in [0.15, 0.2) is 0 Å². The minimum absolute atomic E-state index is 0.167. The van der Waals surface area contributed by atoms with Crippen molar-refractivity contribution in [2.24, 2.45) is 5.73 Å². The fourth-order valence-corrected chi connectivity index (χ4v) is 1.37. The van der Waals surface area contributed by atoms with Crippen LogP contribution in [0.2, 0.25) is 0 Å². The van der Waals surface area contributed by atoms with Crippen molar-refractivity contribution in [1.29, 1.82) is 0 Å². The molecule has 1 rings (SSSR count). The quantitative estimate of drug-likeness (QED) is 0.763. The fourth-order valence-electron chi connectivity index (χ4n) is 1.37. The Balaban J connectivity index is 2.65. The Bertz CT molecular complexity index is 363. The van der Waals surface area contributed by atoms with Crippen LogP contribution in [-0.2, 0) is 16.0 Å². The molecule has 1 aromatic carbocycles. The summed E-state index contributed by atoms with van der Waals surface area (Å²) in [7, 11) is 0. The van der Waals surface area contributed by atoms with Gasteiger partial charge in [-0.05, 0) is 5.56 Å². The van der Waals surface area contributed by atoms with Gasteiger partial charge in [0.1, 0.15) is 6.04 Å². The van der Waals surface area contributed by atoms with Crippen LogP contribution in [0.1, 0.15) is 18.9 Å². The summed E-state index contributed by atoms with van der Waals surface area (Å²) in [5, 5.41) is 2.60. The van der Waals surface area contributed by atoms with Gasteiger partial charge in [-0.2, -0.15) is 0 Å². The average molecular weight is 220 g/mol. The Morgan fingerprint density at radius 3 is 2.44 bits per heavy atom. The van der Waals surface area contributed by atoms with E-state index >= 15 is 0 Å². The van der Waals surface area contributed by atoms with Gasteiger partial charge in [-0.3, -0.25) is 9.59 Å². The van der Waals surface area contributed by atoms with Gasteiger partial charge in [-0.15, -0.1) is 0 Å². The molecule has 0 saturated carbocycles. The molecule has 0 aliphatic heterocycles. The fraction of sp³-hybridized carbons (Fsp3) is 0.333. The van der Waals surface area contributed by atoms with Crippen molar-refractivity contribution < 1.29 is 9.59 Å². The Hall–Kier alpha value is -1.84. The van der Waals surface area contributed by atoms with Crippen LogP contribution in [0, 0.1) is 0 Å². The van der Waals surface area contributed by atoms with Crippen molar-refractivity contribution in [2.45, 2.75) is 25.8 Å².